The molecule has 0 fully saturated rings. The fourth-order valence-corrected chi connectivity index (χ4v) is 3.88. The third-order valence-corrected chi connectivity index (χ3v) is 5.74. The van der Waals surface area contributed by atoms with Gasteiger partial charge in [0.25, 0.3) is 10.0 Å². The minimum Gasteiger partial charge on any atom is -0.315 e. The van der Waals surface area contributed by atoms with Crippen molar-refractivity contribution in [3.63, 3.8) is 0 Å². The van der Waals surface area contributed by atoms with Gasteiger partial charge in [-0.15, -0.1) is 0 Å². The number of nitrogens with zero attached hydrogens (tertiary/aromatic N) is 1. The first-order valence-corrected chi connectivity index (χ1v) is 6.70. The summed E-state index contributed by atoms with van der Waals surface area (Å²) >= 11 is 0.726. The molecule has 15 heavy (non-hydrogen) atoms. The Hall–Kier alpha value is -0.660. The number of H-pyrrole nitrogens is 1. The van der Waals surface area contributed by atoms with Crippen LogP contribution in [-0.2, 0) is 10.0 Å². The summed E-state index contributed by atoms with van der Waals surface area (Å²) in [5.74, 6) is 0. The maximum absolute atomic E-state index is 12.0. The van der Waals surface area contributed by atoms with Crippen molar-refractivity contribution >= 4 is 21.4 Å². The van der Waals surface area contributed by atoms with Crippen LogP contribution in [-0.4, -0.2) is 30.8 Å². The molecule has 0 radical (unpaired) electrons. The van der Waals surface area contributed by atoms with Crippen molar-refractivity contribution in [2.45, 2.75) is 31.0 Å². The molecule has 0 aromatic carbocycles. The van der Waals surface area contributed by atoms with Gasteiger partial charge in [-0.3, -0.25) is 4.79 Å². The lowest BCUT2D eigenvalue weighted by atomic mass is 10.4. The zero-order chi connectivity index (χ0) is 11.8. The van der Waals surface area contributed by atoms with Gasteiger partial charge in [-0.2, -0.15) is 4.31 Å². The first-order valence-electron chi connectivity index (χ1n) is 4.44. The second kappa shape index (κ2) is 4.07. The number of rotatable bonds is 3. The van der Waals surface area contributed by atoms with E-state index in [0.717, 1.165) is 11.3 Å². The molecule has 1 N–H and O–H groups in total. The van der Waals surface area contributed by atoms with Crippen LogP contribution in [0.3, 0.4) is 0 Å². The Balaban J connectivity index is 3.29. The van der Waals surface area contributed by atoms with Crippen molar-refractivity contribution < 1.29 is 8.42 Å². The minimum absolute atomic E-state index is 0.101. The van der Waals surface area contributed by atoms with Gasteiger partial charge in [0.1, 0.15) is 0 Å². The summed E-state index contributed by atoms with van der Waals surface area (Å²) in [6.07, 6.45) is 0. The largest absolute Gasteiger partial charge is 0.315 e. The van der Waals surface area contributed by atoms with Crippen LogP contribution < -0.4 is 4.87 Å². The molecular formula is C8H14N2O3S2. The van der Waals surface area contributed by atoms with Crippen molar-refractivity contribution in [2.24, 2.45) is 0 Å². The molecule has 5 nitrogen and oxygen atoms in total. The predicted molar refractivity (Wildman–Crippen MR) is 59.8 cm³/mol. The van der Waals surface area contributed by atoms with Gasteiger partial charge in [-0.05, 0) is 20.8 Å². The Labute approximate surface area is 92.8 Å². The molecule has 0 saturated carbocycles. The van der Waals surface area contributed by atoms with Crippen LogP contribution >= 0.6 is 11.3 Å². The van der Waals surface area contributed by atoms with E-state index in [1.54, 1.807) is 20.8 Å². The highest BCUT2D eigenvalue weighted by molar-refractivity contribution is 7.91. The number of aromatic nitrogens is 1. The lowest BCUT2D eigenvalue weighted by Gasteiger charge is -2.19. The highest BCUT2D eigenvalue weighted by atomic mass is 32.2. The zero-order valence-electron chi connectivity index (χ0n) is 9.07. The first kappa shape index (κ1) is 12.4. The van der Waals surface area contributed by atoms with E-state index in [2.05, 4.69) is 4.98 Å². The Morgan fingerprint density at radius 3 is 2.27 bits per heavy atom. The van der Waals surface area contributed by atoms with E-state index in [4.69, 9.17) is 0 Å². The smallest absolute Gasteiger partial charge is 0.305 e. The molecule has 0 atom stereocenters. The second-order valence-corrected chi connectivity index (χ2v) is 6.72. The predicted octanol–water partition coefficient (Wildman–Crippen LogP) is 0.774. The van der Waals surface area contributed by atoms with E-state index in [0.29, 0.717) is 5.69 Å². The second-order valence-electron chi connectivity index (χ2n) is 3.54. The summed E-state index contributed by atoms with van der Waals surface area (Å²) in [5, 5.41) is 0. The van der Waals surface area contributed by atoms with E-state index in [1.165, 1.54) is 11.4 Å². The molecule has 0 spiro atoms. The maximum atomic E-state index is 12.0. The molecule has 0 bridgehead atoms. The highest BCUT2D eigenvalue weighted by Crippen LogP contribution is 2.21. The van der Waals surface area contributed by atoms with Crippen LogP contribution in [0.1, 0.15) is 19.5 Å². The van der Waals surface area contributed by atoms with Crippen LogP contribution in [0.5, 0.6) is 0 Å². The topological polar surface area (TPSA) is 70.2 Å². The highest BCUT2D eigenvalue weighted by Gasteiger charge is 2.27. The molecule has 1 aromatic rings. The van der Waals surface area contributed by atoms with Crippen molar-refractivity contribution in [1.82, 2.24) is 9.29 Å². The average molecular weight is 250 g/mol. The van der Waals surface area contributed by atoms with Crippen LogP contribution in [0.25, 0.3) is 0 Å². The molecule has 86 valence electrons. The van der Waals surface area contributed by atoms with Crippen molar-refractivity contribution in [3.05, 3.63) is 15.4 Å². The summed E-state index contributed by atoms with van der Waals surface area (Å²) in [6.45, 7) is 5.14. The van der Waals surface area contributed by atoms with Gasteiger partial charge < -0.3 is 4.98 Å². The van der Waals surface area contributed by atoms with Gasteiger partial charge in [0.2, 0.25) is 0 Å². The maximum Gasteiger partial charge on any atom is 0.305 e. The van der Waals surface area contributed by atoms with Crippen LogP contribution in [0.2, 0.25) is 0 Å². The van der Waals surface area contributed by atoms with Crippen LogP contribution in [0.15, 0.2) is 9.00 Å². The van der Waals surface area contributed by atoms with Gasteiger partial charge in [0.15, 0.2) is 4.21 Å². The summed E-state index contributed by atoms with van der Waals surface area (Å²) < 4.78 is 25.3. The van der Waals surface area contributed by atoms with Crippen molar-refractivity contribution in [2.75, 3.05) is 7.05 Å². The fourth-order valence-electron chi connectivity index (χ4n) is 1.04. The van der Waals surface area contributed by atoms with Crippen LogP contribution in [0, 0.1) is 6.92 Å². The number of sulfonamides is 1. The van der Waals surface area contributed by atoms with E-state index < -0.39 is 10.0 Å². The Bertz CT molecular complexity index is 498. The summed E-state index contributed by atoms with van der Waals surface area (Å²) in [7, 11) is -2.02. The quantitative estimate of drug-likeness (QED) is 0.861. The standard InChI is InChI=1S/C8H14N2O3S2/c1-5(2)10(4)15(12,13)7-6(3)9-8(11)14-7/h5H,1-4H3,(H,9,11). The van der Waals surface area contributed by atoms with Gasteiger partial charge in [-0.1, -0.05) is 11.3 Å². The third-order valence-electron chi connectivity index (χ3n) is 2.12. The molecule has 0 unspecified atom stereocenters. The van der Waals surface area contributed by atoms with Gasteiger partial charge in [0.05, 0.1) is 0 Å². The molecule has 7 heteroatoms. The van der Waals surface area contributed by atoms with E-state index >= 15 is 0 Å². The molecular weight excluding hydrogens is 236 g/mol. The molecule has 0 aliphatic carbocycles. The number of hydrogen-bond donors (Lipinski definition) is 1. The summed E-state index contributed by atoms with van der Waals surface area (Å²) in [6, 6.07) is -0.133. The van der Waals surface area contributed by atoms with Gasteiger partial charge in [-0.25, -0.2) is 8.42 Å². The Kier molecular flexibility index (Phi) is 3.37. The minimum atomic E-state index is -3.53. The Morgan fingerprint density at radius 1 is 1.40 bits per heavy atom. The van der Waals surface area contributed by atoms with Crippen LogP contribution in [0.4, 0.5) is 0 Å². The van der Waals surface area contributed by atoms with E-state index in [-0.39, 0.29) is 15.1 Å². The summed E-state index contributed by atoms with van der Waals surface area (Å²) in [5.41, 5.74) is 0.400. The molecule has 0 saturated heterocycles. The Morgan fingerprint density at radius 2 is 1.93 bits per heavy atom. The number of nitrogens with one attached hydrogen (secondary N) is 1. The SMILES string of the molecule is Cc1[nH]c(=O)sc1S(=O)(=O)N(C)C(C)C. The third kappa shape index (κ3) is 2.30. The summed E-state index contributed by atoms with van der Waals surface area (Å²) in [4.78, 5) is 13.2. The number of hydrogen-bond acceptors (Lipinski definition) is 4. The lowest BCUT2D eigenvalue weighted by Crippen LogP contribution is -2.32. The van der Waals surface area contributed by atoms with Crippen molar-refractivity contribution in [3.8, 4) is 0 Å². The molecule has 1 heterocycles. The average Bonchev–Trinajstić information content (AvgIpc) is 2.44. The van der Waals surface area contributed by atoms with Gasteiger partial charge >= 0.3 is 4.87 Å². The number of thiazole rings is 1. The van der Waals surface area contributed by atoms with Crippen molar-refractivity contribution in [1.29, 1.82) is 0 Å². The molecule has 0 aliphatic heterocycles. The molecule has 1 rings (SSSR count). The first-order chi connectivity index (χ1) is 6.76. The fraction of sp³-hybridized carbons (Fsp3) is 0.625. The molecule has 0 amide bonds. The zero-order valence-corrected chi connectivity index (χ0v) is 10.7. The number of aryl methyl sites for hydroxylation is 1. The van der Waals surface area contributed by atoms with Gasteiger partial charge in [0, 0.05) is 18.8 Å². The lowest BCUT2D eigenvalue weighted by molar-refractivity contribution is 0.411. The monoisotopic (exact) mass is 250 g/mol. The van der Waals surface area contributed by atoms with E-state index in [1.807, 2.05) is 0 Å². The molecule has 0 aliphatic rings. The van der Waals surface area contributed by atoms with E-state index in [9.17, 15) is 13.2 Å². The normalized spacial score (nSPS) is 12.7. The number of aromatic amines is 1. The molecule has 1 aromatic heterocycles.